The fourth-order valence-corrected chi connectivity index (χ4v) is 3.34. The summed E-state index contributed by atoms with van der Waals surface area (Å²) in [7, 11) is 1.84. The molecule has 0 radical (unpaired) electrons. The molecule has 0 bridgehead atoms. The van der Waals surface area contributed by atoms with Gasteiger partial charge in [0.2, 0.25) is 5.95 Å². The molecular formula is C18H33FN2. The van der Waals surface area contributed by atoms with Crippen LogP contribution in [-0.4, -0.2) is 9.78 Å². The molecule has 0 aliphatic rings. The van der Waals surface area contributed by atoms with Gasteiger partial charge in [-0.3, -0.25) is 4.68 Å². The maximum atomic E-state index is 14.3. The average molecular weight is 296 g/mol. The van der Waals surface area contributed by atoms with Gasteiger partial charge >= 0.3 is 0 Å². The average Bonchev–Trinajstić information content (AvgIpc) is 2.69. The third-order valence-corrected chi connectivity index (χ3v) is 4.81. The van der Waals surface area contributed by atoms with Gasteiger partial charge in [0.05, 0.1) is 0 Å². The first-order valence-electron chi connectivity index (χ1n) is 8.65. The lowest BCUT2D eigenvalue weighted by Crippen LogP contribution is -2.24. The van der Waals surface area contributed by atoms with Crippen molar-refractivity contribution in [1.29, 1.82) is 0 Å². The Morgan fingerprint density at radius 2 is 1.52 bits per heavy atom. The molecule has 0 saturated heterocycles. The van der Waals surface area contributed by atoms with Crippen molar-refractivity contribution in [2.75, 3.05) is 0 Å². The van der Waals surface area contributed by atoms with E-state index in [1.165, 1.54) is 44.9 Å². The minimum absolute atomic E-state index is 0.0641. The van der Waals surface area contributed by atoms with Crippen LogP contribution in [0, 0.1) is 12.9 Å². The highest BCUT2D eigenvalue weighted by atomic mass is 19.1. The number of unbranched alkanes of at least 4 members (excludes halogenated alkanes) is 5. The van der Waals surface area contributed by atoms with Gasteiger partial charge in [-0.05, 0) is 25.2 Å². The fourth-order valence-electron chi connectivity index (χ4n) is 3.34. The molecule has 0 N–H and O–H groups in total. The highest BCUT2D eigenvalue weighted by Gasteiger charge is 2.33. The lowest BCUT2D eigenvalue weighted by molar-refractivity contribution is 0.350. The predicted molar refractivity (Wildman–Crippen MR) is 88.2 cm³/mol. The van der Waals surface area contributed by atoms with Crippen LogP contribution in [0.1, 0.15) is 89.8 Å². The summed E-state index contributed by atoms with van der Waals surface area (Å²) < 4.78 is 16.0. The van der Waals surface area contributed by atoms with Crippen LogP contribution in [0.4, 0.5) is 4.39 Å². The second-order valence-electron chi connectivity index (χ2n) is 6.70. The zero-order chi connectivity index (χ0) is 15.9. The molecule has 122 valence electrons. The first-order valence-corrected chi connectivity index (χ1v) is 8.65. The number of aromatic nitrogens is 2. The number of nitrogens with zero attached hydrogens (tertiary/aromatic N) is 2. The first kappa shape index (κ1) is 18.2. The van der Waals surface area contributed by atoms with E-state index in [-0.39, 0.29) is 11.4 Å². The Hall–Kier alpha value is -0.860. The number of hydrogen-bond acceptors (Lipinski definition) is 1. The summed E-state index contributed by atoms with van der Waals surface area (Å²) >= 11 is 0. The quantitative estimate of drug-likeness (QED) is 0.508. The van der Waals surface area contributed by atoms with Crippen LogP contribution in [0.25, 0.3) is 0 Å². The van der Waals surface area contributed by atoms with E-state index in [1.54, 1.807) is 4.68 Å². The maximum absolute atomic E-state index is 14.3. The lowest BCUT2D eigenvalue weighted by atomic mass is 9.74. The van der Waals surface area contributed by atoms with Gasteiger partial charge in [-0.15, -0.1) is 5.10 Å². The Labute approximate surface area is 130 Å². The van der Waals surface area contributed by atoms with Gasteiger partial charge in [0.1, 0.15) is 0 Å². The molecule has 0 spiro atoms. The number of aryl methyl sites for hydroxylation is 1. The predicted octanol–water partition coefficient (Wildman–Crippen LogP) is 5.68. The normalized spacial score (nSPS) is 14.4. The van der Waals surface area contributed by atoms with Gasteiger partial charge in [0.15, 0.2) is 0 Å². The van der Waals surface area contributed by atoms with Crippen LogP contribution < -0.4 is 0 Å². The smallest absolute Gasteiger partial charge is 0.236 e. The summed E-state index contributed by atoms with van der Waals surface area (Å²) in [6, 6.07) is 0. The molecule has 0 amide bonds. The van der Waals surface area contributed by atoms with Crippen molar-refractivity contribution < 1.29 is 4.39 Å². The van der Waals surface area contributed by atoms with Crippen molar-refractivity contribution >= 4 is 0 Å². The number of hydrogen-bond donors (Lipinski definition) is 0. The minimum Gasteiger partial charge on any atom is -0.270 e. The molecule has 2 nitrogen and oxygen atoms in total. The second kappa shape index (κ2) is 8.55. The van der Waals surface area contributed by atoms with Crippen LogP contribution in [-0.2, 0) is 12.5 Å². The van der Waals surface area contributed by atoms with Crippen LogP contribution in [0.2, 0.25) is 0 Å². The molecule has 1 heterocycles. The lowest BCUT2D eigenvalue weighted by Gasteiger charge is -2.30. The highest BCUT2D eigenvalue weighted by molar-refractivity contribution is 5.27. The van der Waals surface area contributed by atoms with E-state index >= 15 is 0 Å². The molecule has 3 heteroatoms. The summed E-state index contributed by atoms with van der Waals surface area (Å²) in [5.74, 6) is -0.260. The van der Waals surface area contributed by atoms with Crippen molar-refractivity contribution in [3.8, 4) is 0 Å². The van der Waals surface area contributed by atoms with Crippen LogP contribution >= 0.6 is 0 Å². The molecule has 0 fully saturated rings. The van der Waals surface area contributed by atoms with Gasteiger partial charge < -0.3 is 0 Å². The summed E-state index contributed by atoms with van der Waals surface area (Å²) in [6.07, 6.45) is 10.7. The Kier molecular flexibility index (Phi) is 7.41. The van der Waals surface area contributed by atoms with Crippen molar-refractivity contribution in [1.82, 2.24) is 9.78 Å². The molecule has 21 heavy (non-hydrogen) atoms. The number of halogens is 1. The second-order valence-corrected chi connectivity index (χ2v) is 6.70. The molecule has 1 aromatic heterocycles. The topological polar surface area (TPSA) is 17.8 Å². The molecule has 1 aromatic rings. The van der Waals surface area contributed by atoms with E-state index in [4.69, 9.17) is 0 Å². The first-order chi connectivity index (χ1) is 9.96. The highest BCUT2D eigenvalue weighted by Crippen LogP contribution is 2.38. The van der Waals surface area contributed by atoms with E-state index in [2.05, 4.69) is 25.9 Å². The summed E-state index contributed by atoms with van der Waals surface area (Å²) in [4.78, 5) is 0. The molecule has 1 unspecified atom stereocenters. The standard InChI is InChI=1S/C18H33FN2/c1-6-8-10-12-14-18(4,13-11-9-7-2)16-15(3)21(5)20-17(16)19/h6-14H2,1-5H3. The SMILES string of the molecule is CCCCCCC(C)(CCCCC)c1c(F)nn(C)c1C. The summed E-state index contributed by atoms with van der Waals surface area (Å²) in [5.41, 5.74) is 1.78. The van der Waals surface area contributed by atoms with Gasteiger partial charge in [0, 0.05) is 18.3 Å². The zero-order valence-electron chi connectivity index (χ0n) is 14.6. The van der Waals surface area contributed by atoms with Crippen molar-refractivity contribution in [3.05, 3.63) is 17.2 Å². The monoisotopic (exact) mass is 296 g/mol. The van der Waals surface area contributed by atoms with E-state index in [9.17, 15) is 4.39 Å². The fraction of sp³-hybridized carbons (Fsp3) is 0.833. The largest absolute Gasteiger partial charge is 0.270 e. The molecule has 1 rings (SSSR count). The van der Waals surface area contributed by atoms with E-state index < -0.39 is 0 Å². The van der Waals surface area contributed by atoms with Crippen LogP contribution in [0.5, 0.6) is 0 Å². The van der Waals surface area contributed by atoms with Crippen molar-refractivity contribution in [2.24, 2.45) is 7.05 Å². The molecule has 0 aliphatic carbocycles. The molecule has 1 atom stereocenters. The van der Waals surface area contributed by atoms with Gasteiger partial charge in [-0.1, -0.05) is 65.7 Å². The van der Waals surface area contributed by atoms with E-state index in [0.717, 1.165) is 24.1 Å². The number of rotatable bonds is 10. The molecular weight excluding hydrogens is 263 g/mol. The summed E-state index contributed by atoms with van der Waals surface area (Å²) in [5, 5.41) is 4.00. The van der Waals surface area contributed by atoms with E-state index in [0.29, 0.717) is 0 Å². The van der Waals surface area contributed by atoms with Gasteiger partial charge in [-0.2, -0.15) is 4.39 Å². The maximum Gasteiger partial charge on any atom is 0.236 e. The third-order valence-electron chi connectivity index (χ3n) is 4.81. The zero-order valence-corrected chi connectivity index (χ0v) is 14.6. The Bertz CT molecular complexity index is 425. The van der Waals surface area contributed by atoms with Gasteiger partial charge in [0.25, 0.3) is 0 Å². The van der Waals surface area contributed by atoms with Crippen molar-refractivity contribution in [3.63, 3.8) is 0 Å². The molecule has 0 saturated carbocycles. The van der Waals surface area contributed by atoms with E-state index in [1.807, 2.05) is 14.0 Å². The van der Waals surface area contributed by atoms with Crippen LogP contribution in [0.3, 0.4) is 0 Å². The summed E-state index contributed by atoms with van der Waals surface area (Å²) in [6.45, 7) is 8.68. The Balaban J connectivity index is 2.88. The molecule has 0 aromatic carbocycles. The Morgan fingerprint density at radius 3 is 2.00 bits per heavy atom. The minimum atomic E-state index is -0.260. The van der Waals surface area contributed by atoms with Crippen LogP contribution in [0.15, 0.2) is 0 Å². The van der Waals surface area contributed by atoms with Gasteiger partial charge in [-0.25, -0.2) is 0 Å². The third kappa shape index (κ3) is 4.82. The van der Waals surface area contributed by atoms with Crippen molar-refractivity contribution in [2.45, 2.75) is 90.9 Å². The molecule has 0 aliphatic heterocycles. The Morgan fingerprint density at radius 1 is 1.00 bits per heavy atom.